The minimum atomic E-state index is -0.148. The Morgan fingerprint density at radius 2 is 1.83 bits per heavy atom. The molecule has 0 fully saturated rings. The van der Waals surface area contributed by atoms with Crippen LogP contribution in [0, 0.1) is 6.92 Å². The van der Waals surface area contributed by atoms with Gasteiger partial charge in [0.05, 0.1) is 5.56 Å². The van der Waals surface area contributed by atoms with Crippen molar-refractivity contribution in [3.63, 3.8) is 0 Å². The lowest BCUT2D eigenvalue weighted by Gasteiger charge is -2.11. The molecule has 5 nitrogen and oxygen atoms in total. The molecule has 30 heavy (non-hydrogen) atoms. The van der Waals surface area contributed by atoms with Crippen molar-refractivity contribution in [3.05, 3.63) is 87.1 Å². The van der Waals surface area contributed by atoms with Gasteiger partial charge in [0.1, 0.15) is 18.1 Å². The van der Waals surface area contributed by atoms with Gasteiger partial charge >= 0.3 is 0 Å². The largest absolute Gasteiger partial charge is 0.488 e. The molecular weight excluding hydrogens is 448 g/mol. The molecule has 0 amide bonds. The summed E-state index contributed by atoms with van der Waals surface area (Å²) < 4.78 is 23.7. The molecule has 3 aromatic carbocycles. The van der Waals surface area contributed by atoms with Gasteiger partial charge in [-0.05, 0) is 60.5 Å². The van der Waals surface area contributed by atoms with E-state index in [-0.39, 0.29) is 18.3 Å². The number of fused-ring (bicyclic) bond motifs is 2. The number of rotatable bonds is 4. The third-order valence-electron chi connectivity index (χ3n) is 5.04. The first-order chi connectivity index (χ1) is 14.6. The molecule has 0 bridgehead atoms. The SMILES string of the molecule is Cc1c(OCc2ccc(Br)cc2)ccc2c1O/C(=C\c1ccc3c(c1)OCO3)C2=O. The fraction of sp³-hybridized carbons (Fsp3) is 0.125. The predicted molar refractivity (Wildman–Crippen MR) is 115 cm³/mol. The van der Waals surface area contributed by atoms with Gasteiger partial charge in [-0.1, -0.05) is 34.1 Å². The van der Waals surface area contributed by atoms with Crippen LogP contribution in [0.2, 0.25) is 0 Å². The molecule has 0 radical (unpaired) electrons. The van der Waals surface area contributed by atoms with Crippen molar-refractivity contribution in [3.8, 4) is 23.0 Å². The molecule has 2 aliphatic rings. The van der Waals surface area contributed by atoms with E-state index in [1.165, 1.54) is 0 Å². The highest BCUT2D eigenvalue weighted by atomic mass is 79.9. The maximum Gasteiger partial charge on any atom is 0.231 e. The Kier molecular flexibility index (Phi) is 4.71. The summed E-state index contributed by atoms with van der Waals surface area (Å²) in [6.45, 7) is 2.53. The van der Waals surface area contributed by atoms with Crippen molar-refractivity contribution in [1.82, 2.24) is 0 Å². The average Bonchev–Trinajstić information content (AvgIpc) is 3.34. The number of ether oxygens (including phenoxy) is 4. The summed E-state index contributed by atoms with van der Waals surface area (Å²) in [5, 5.41) is 0. The number of hydrogen-bond acceptors (Lipinski definition) is 5. The van der Waals surface area contributed by atoms with Crippen molar-refractivity contribution in [1.29, 1.82) is 0 Å². The lowest BCUT2D eigenvalue weighted by atomic mass is 10.1. The Morgan fingerprint density at radius 3 is 2.67 bits per heavy atom. The number of Topliss-reactive ketones (excluding diaryl/α,β-unsaturated/α-hetero) is 1. The van der Waals surface area contributed by atoms with Gasteiger partial charge in [0.15, 0.2) is 17.3 Å². The van der Waals surface area contributed by atoms with Crippen LogP contribution in [0.3, 0.4) is 0 Å². The zero-order valence-corrected chi connectivity index (χ0v) is 17.7. The molecule has 0 N–H and O–H groups in total. The lowest BCUT2D eigenvalue weighted by Crippen LogP contribution is -1.98. The number of hydrogen-bond donors (Lipinski definition) is 0. The molecule has 0 unspecified atom stereocenters. The first-order valence-corrected chi connectivity index (χ1v) is 10.2. The smallest absolute Gasteiger partial charge is 0.231 e. The van der Waals surface area contributed by atoms with Gasteiger partial charge in [-0.25, -0.2) is 0 Å². The molecule has 0 spiro atoms. The zero-order valence-electron chi connectivity index (χ0n) is 16.1. The summed E-state index contributed by atoms with van der Waals surface area (Å²) >= 11 is 3.43. The van der Waals surface area contributed by atoms with E-state index in [0.717, 1.165) is 21.2 Å². The fourth-order valence-electron chi connectivity index (χ4n) is 3.42. The highest BCUT2D eigenvalue weighted by Crippen LogP contribution is 2.40. The Labute approximate surface area is 182 Å². The van der Waals surface area contributed by atoms with Crippen LogP contribution in [-0.4, -0.2) is 12.6 Å². The Balaban J connectivity index is 1.38. The topological polar surface area (TPSA) is 54.0 Å². The first kappa shape index (κ1) is 18.8. The average molecular weight is 465 g/mol. The second-order valence-electron chi connectivity index (χ2n) is 7.03. The number of carbonyl (C=O) groups is 1. The summed E-state index contributed by atoms with van der Waals surface area (Å²) in [4.78, 5) is 12.8. The van der Waals surface area contributed by atoms with Crippen LogP contribution in [0.5, 0.6) is 23.0 Å². The van der Waals surface area contributed by atoms with Crippen LogP contribution in [0.4, 0.5) is 0 Å². The molecule has 0 saturated carbocycles. The van der Waals surface area contributed by atoms with Crippen molar-refractivity contribution < 1.29 is 23.7 Å². The van der Waals surface area contributed by atoms with Crippen LogP contribution in [0.15, 0.2) is 64.8 Å². The van der Waals surface area contributed by atoms with E-state index in [9.17, 15) is 4.79 Å². The normalized spacial score (nSPS) is 15.3. The quantitative estimate of drug-likeness (QED) is 0.464. The minimum absolute atomic E-state index is 0.148. The van der Waals surface area contributed by atoms with Crippen LogP contribution >= 0.6 is 15.9 Å². The van der Waals surface area contributed by atoms with Crippen LogP contribution in [0.25, 0.3) is 6.08 Å². The van der Waals surface area contributed by atoms with E-state index < -0.39 is 0 Å². The minimum Gasteiger partial charge on any atom is -0.488 e. The summed E-state index contributed by atoms with van der Waals surface area (Å²) in [6.07, 6.45) is 1.71. The molecule has 0 aromatic heterocycles. The molecular formula is C24H17BrO5. The zero-order chi connectivity index (χ0) is 20.7. The van der Waals surface area contributed by atoms with E-state index in [1.807, 2.05) is 55.5 Å². The van der Waals surface area contributed by atoms with Gasteiger partial charge in [0, 0.05) is 10.0 Å². The van der Waals surface area contributed by atoms with Crippen LogP contribution in [0.1, 0.15) is 27.0 Å². The van der Waals surface area contributed by atoms with E-state index in [0.29, 0.717) is 35.2 Å². The maximum atomic E-state index is 12.8. The van der Waals surface area contributed by atoms with Crippen molar-refractivity contribution in [2.24, 2.45) is 0 Å². The molecule has 2 heterocycles. The molecule has 0 atom stereocenters. The predicted octanol–water partition coefficient (Wildman–Crippen LogP) is 5.68. The van der Waals surface area contributed by atoms with E-state index in [2.05, 4.69) is 15.9 Å². The monoisotopic (exact) mass is 464 g/mol. The van der Waals surface area contributed by atoms with Crippen molar-refractivity contribution >= 4 is 27.8 Å². The van der Waals surface area contributed by atoms with Gasteiger partial charge in [-0.2, -0.15) is 0 Å². The van der Waals surface area contributed by atoms with E-state index in [1.54, 1.807) is 12.1 Å². The summed E-state index contributed by atoms with van der Waals surface area (Å²) in [6, 6.07) is 17.0. The Bertz CT molecular complexity index is 1180. The number of halogens is 1. The van der Waals surface area contributed by atoms with Crippen molar-refractivity contribution in [2.75, 3.05) is 6.79 Å². The second kappa shape index (κ2) is 7.54. The van der Waals surface area contributed by atoms with Crippen molar-refractivity contribution in [2.45, 2.75) is 13.5 Å². The third kappa shape index (κ3) is 3.44. The van der Waals surface area contributed by atoms with E-state index >= 15 is 0 Å². The molecule has 5 rings (SSSR count). The second-order valence-corrected chi connectivity index (χ2v) is 7.95. The van der Waals surface area contributed by atoms with Gasteiger partial charge in [-0.15, -0.1) is 0 Å². The Morgan fingerprint density at radius 1 is 1.03 bits per heavy atom. The highest BCUT2D eigenvalue weighted by Gasteiger charge is 2.30. The first-order valence-electron chi connectivity index (χ1n) is 9.43. The summed E-state index contributed by atoms with van der Waals surface area (Å²) in [7, 11) is 0. The standard InChI is InChI=1S/C24H17BrO5/c1-14-19(27-12-15-2-5-17(25)6-3-15)9-7-18-23(26)22(30-24(14)18)11-16-4-8-20-21(10-16)29-13-28-20/h2-11H,12-13H2,1H3/b22-11-. The summed E-state index contributed by atoms with van der Waals surface area (Å²) in [5.41, 5.74) is 3.20. The third-order valence-corrected chi connectivity index (χ3v) is 5.57. The lowest BCUT2D eigenvalue weighted by molar-refractivity contribution is 0.101. The number of carbonyl (C=O) groups excluding carboxylic acids is 1. The van der Waals surface area contributed by atoms with E-state index in [4.69, 9.17) is 18.9 Å². The number of ketones is 1. The fourth-order valence-corrected chi connectivity index (χ4v) is 3.68. The summed E-state index contributed by atoms with van der Waals surface area (Å²) in [5.74, 6) is 2.71. The molecule has 6 heteroatoms. The van der Waals surface area contributed by atoms with Crippen LogP contribution in [-0.2, 0) is 6.61 Å². The number of benzene rings is 3. The van der Waals surface area contributed by atoms with Gasteiger partial charge in [-0.3, -0.25) is 4.79 Å². The molecule has 0 aliphatic carbocycles. The van der Waals surface area contributed by atoms with Crippen LogP contribution < -0.4 is 18.9 Å². The molecule has 150 valence electrons. The molecule has 2 aliphatic heterocycles. The highest BCUT2D eigenvalue weighted by molar-refractivity contribution is 9.10. The molecule has 0 saturated heterocycles. The van der Waals surface area contributed by atoms with Gasteiger partial charge in [0.2, 0.25) is 12.6 Å². The molecule has 3 aromatic rings. The maximum absolute atomic E-state index is 12.8. The van der Waals surface area contributed by atoms with Gasteiger partial charge < -0.3 is 18.9 Å². The number of allylic oxidation sites excluding steroid dienone is 1. The Hall–Kier alpha value is -3.25. The van der Waals surface area contributed by atoms with Gasteiger partial charge in [0.25, 0.3) is 0 Å².